The summed E-state index contributed by atoms with van der Waals surface area (Å²) in [7, 11) is 0. The summed E-state index contributed by atoms with van der Waals surface area (Å²) in [6.07, 6.45) is -4.57. The van der Waals surface area contributed by atoms with Crippen molar-refractivity contribution in [1.29, 1.82) is 0 Å². The van der Waals surface area contributed by atoms with Crippen LogP contribution in [0.15, 0.2) is 42.8 Å². The fraction of sp³-hybridized carbons (Fsp3) is 0.368. The van der Waals surface area contributed by atoms with E-state index in [1.54, 1.807) is 0 Å². The molecule has 150 valence electrons. The van der Waals surface area contributed by atoms with Crippen molar-refractivity contribution in [2.24, 2.45) is 11.8 Å². The Bertz CT molecular complexity index is 834. The standard InChI is InChI=1S/C19H23F3N6/c1-10(2)12(5)23-17-26-16(27-18(28-17)24-13(6)11(3)4)14-8-7-9-15(25-14)19(20,21)22/h7-11H,5-6H2,1-4H3,(H2,23,24,26,27,28). The van der Waals surface area contributed by atoms with Gasteiger partial charge in [0.05, 0.1) is 0 Å². The molecule has 9 heteroatoms. The smallest absolute Gasteiger partial charge is 0.328 e. The van der Waals surface area contributed by atoms with Crippen LogP contribution in [-0.2, 0) is 6.18 Å². The lowest BCUT2D eigenvalue weighted by atomic mass is 10.1. The van der Waals surface area contributed by atoms with Gasteiger partial charge in [-0.05, 0) is 24.0 Å². The van der Waals surface area contributed by atoms with Crippen molar-refractivity contribution >= 4 is 11.9 Å². The molecule has 2 aromatic heterocycles. The number of nitrogens with zero attached hydrogens (tertiary/aromatic N) is 4. The first-order valence-corrected chi connectivity index (χ1v) is 8.69. The van der Waals surface area contributed by atoms with E-state index in [2.05, 4.69) is 43.7 Å². The van der Waals surface area contributed by atoms with Crippen LogP contribution in [0.2, 0.25) is 0 Å². The lowest BCUT2D eigenvalue weighted by molar-refractivity contribution is -0.141. The molecule has 0 saturated carbocycles. The highest BCUT2D eigenvalue weighted by Gasteiger charge is 2.32. The van der Waals surface area contributed by atoms with E-state index < -0.39 is 11.9 Å². The van der Waals surface area contributed by atoms with Gasteiger partial charge in [-0.1, -0.05) is 46.9 Å². The summed E-state index contributed by atoms with van der Waals surface area (Å²) < 4.78 is 39.0. The van der Waals surface area contributed by atoms with Gasteiger partial charge in [-0.15, -0.1) is 0 Å². The molecule has 0 aliphatic carbocycles. The molecular formula is C19H23F3N6. The number of rotatable bonds is 7. The highest BCUT2D eigenvalue weighted by atomic mass is 19.4. The molecule has 0 unspecified atom stereocenters. The molecule has 0 aliphatic rings. The van der Waals surface area contributed by atoms with Gasteiger partial charge in [0.15, 0.2) is 5.82 Å². The molecule has 0 fully saturated rings. The van der Waals surface area contributed by atoms with E-state index in [0.29, 0.717) is 11.4 Å². The van der Waals surface area contributed by atoms with Crippen LogP contribution in [0.1, 0.15) is 33.4 Å². The van der Waals surface area contributed by atoms with E-state index in [1.165, 1.54) is 12.1 Å². The molecule has 2 N–H and O–H groups in total. The summed E-state index contributed by atoms with van der Waals surface area (Å²) in [4.78, 5) is 16.3. The highest BCUT2D eigenvalue weighted by Crippen LogP contribution is 2.29. The van der Waals surface area contributed by atoms with E-state index in [1.807, 2.05) is 27.7 Å². The second kappa shape index (κ2) is 8.37. The number of anilines is 2. The Kier molecular flexibility index (Phi) is 6.37. The minimum absolute atomic E-state index is 0.000729. The number of allylic oxidation sites excluding steroid dienone is 2. The van der Waals surface area contributed by atoms with Gasteiger partial charge < -0.3 is 10.6 Å². The van der Waals surface area contributed by atoms with Gasteiger partial charge in [0.25, 0.3) is 0 Å². The zero-order valence-corrected chi connectivity index (χ0v) is 16.2. The third kappa shape index (κ3) is 5.51. The van der Waals surface area contributed by atoms with E-state index in [4.69, 9.17) is 0 Å². The molecule has 2 aromatic rings. The van der Waals surface area contributed by atoms with Gasteiger partial charge in [-0.3, -0.25) is 0 Å². The Morgan fingerprint density at radius 3 is 1.79 bits per heavy atom. The highest BCUT2D eigenvalue weighted by molar-refractivity contribution is 5.55. The molecule has 0 amide bonds. The average Bonchev–Trinajstić information content (AvgIpc) is 2.60. The molecule has 0 saturated heterocycles. The third-order valence-corrected chi connectivity index (χ3v) is 3.84. The van der Waals surface area contributed by atoms with Crippen LogP contribution in [0.4, 0.5) is 25.1 Å². The zero-order chi connectivity index (χ0) is 21.1. The molecule has 28 heavy (non-hydrogen) atoms. The van der Waals surface area contributed by atoms with Gasteiger partial charge in [-0.25, -0.2) is 4.98 Å². The van der Waals surface area contributed by atoms with Crippen LogP contribution >= 0.6 is 0 Å². The van der Waals surface area contributed by atoms with E-state index in [-0.39, 0.29) is 35.3 Å². The largest absolute Gasteiger partial charge is 0.433 e. The SMILES string of the molecule is C=C(Nc1nc(NC(=C)C(C)C)nc(-c2cccc(C(F)(F)F)n2)n1)C(C)C. The van der Waals surface area contributed by atoms with Crippen molar-refractivity contribution in [3.63, 3.8) is 0 Å². The molecule has 0 spiro atoms. The van der Waals surface area contributed by atoms with Gasteiger partial charge >= 0.3 is 6.18 Å². The fourth-order valence-corrected chi connectivity index (χ4v) is 1.90. The van der Waals surface area contributed by atoms with Crippen LogP contribution < -0.4 is 10.6 Å². The second-order valence-electron chi connectivity index (χ2n) is 6.82. The number of hydrogen-bond donors (Lipinski definition) is 2. The first kappa shape index (κ1) is 21.3. The van der Waals surface area contributed by atoms with Crippen molar-refractivity contribution in [3.8, 4) is 11.5 Å². The number of alkyl halides is 3. The predicted molar refractivity (Wildman–Crippen MR) is 103 cm³/mol. The average molecular weight is 392 g/mol. The number of aromatic nitrogens is 4. The maximum atomic E-state index is 13.0. The predicted octanol–water partition coefficient (Wildman–Crippen LogP) is 5.12. The molecular weight excluding hydrogens is 369 g/mol. The minimum atomic E-state index is -4.57. The van der Waals surface area contributed by atoms with Gasteiger partial charge in [0.1, 0.15) is 11.4 Å². The van der Waals surface area contributed by atoms with E-state index >= 15 is 0 Å². The molecule has 6 nitrogen and oxygen atoms in total. The summed E-state index contributed by atoms with van der Waals surface area (Å²) in [5.41, 5.74) is 0.270. The summed E-state index contributed by atoms with van der Waals surface area (Å²) in [6.45, 7) is 15.6. The lowest BCUT2D eigenvalue weighted by Crippen LogP contribution is -2.14. The Labute approximate surface area is 162 Å². The van der Waals surface area contributed by atoms with Gasteiger partial charge in [0, 0.05) is 11.4 Å². The van der Waals surface area contributed by atoms with Crippen LogP contribution in [-0.4, -0.2) is 19.9 Å². The summed E-state index contributed by atoms with van der Waals surface area (Å²) in [5, 5.41) is 5.93. The van der Waals surface area contributed by atoms with Crippen LogP contribution in [0, 0.1) is 11.8 Å². The van der Waals surface area contributed by atoms with Crippen LogP contribution in [0.25, 0.3) is 11.5 Å². The Morgan fingerprint density at radius 2 is 1.36 bits per heavy atom. The van der Waals surface area contributed by atoms with Crippen molar-refractivity contribution in [1.82, 2.24) is 19.9 Å². The maximum Gasteiger partial charge on any atom is 0.433 e. The second-order valence-corrected chi connectivity index (χ2v) is 6.82. The summed E-state index contributed by atoms with van der Waals surface area (Å²) in [5.74, 6) is 0.519. The molecule has 0 radical (unpaired) electrons. The number of halogens is 3. The number of nitrogens with one attached hydrogen (secondary N) is 2. The fourth-order valence-electron chi connectivity index (χ4n) is 1.90. The Balaban J connectivity index is 2.50. The van der Waals surface area contributed by atoms with Crippen molar-refractivity contribution in [3.05, 3.63) is 48.4 Å². The van der Waals surface area contributed by atoms with Crippen LogP contribution in [0.5, 0.6) is 0 Å². The Hall–Kier alpha value is -2.97. The number of pyridine rings is 1. The number of hydrogen-bond acceptors (Lipinski definition) is 6. The maximum absolute atomic E-state index is 13.0. The first-order valence-electron chi connectivity index (χ1n) is 8.69. The van der Waals surface area contributed by atoms with Crippen LogP contribution in [0.3, 0.4) is 0 Å². The summed E-state index contributed by atoms with van der Waals surface area (Å²) in [6, 6.07) is 3.56. The van der Waals surface area contributed by atoms with E-state index in [0.717, 1.165) is 6.07 Å². The summed E-state index contributed by atoms with van der Waals surface area (Å²) >= 11 is 0. The molecule has 0 atom stereocenters. The minimum Gasteiger partial charge on any atom is -0.328 e. The molecule has 0 bridgehead atoms. The van der Waals surface area contributed by atoms with Gasteiger partial charge in [-0.2, -0.15) is 28.1 Å². The Morgan fingerprint density at radius 1 is 0.857 bits per heavy atom. The quantitative estimate of drug-likeness (QED) is 0.682. The van der Waals surface area contributed by atoms with Crippen molar-refractivity contribution in [2.75, 3.05) is 10.6 Å². The topological polar surface area (TPSA) is 75.6 Å². The van der Waals surface area contributed by atoms with Crippen molar-refractivity contribution in [2.45, 2.75) is 33.9 Å². The molecule has 0 aromatic carbocycles. The van der Waals surface area contributed by atoms with Gasteiger partial charge in [0.2, 0.25) is 11.9 Å². The molecule has 2 rings (SSSR count). The lowest BCUT2D eigenvalue weighted by Gasteiger charge is -2.15. The third-order valence-electron chi connectivity index (χ3n) is 3.84. The molecule has 0 aliphatic heterocycles. The monoisotopic (exact) mass is 392 g/mol. The zero-order valence-electron chi connectivity index (χ0n) is 16.2. The normalized spacial score (nSPS) is 11.6. The van der Waals surface area contributed by atoms with Crippen molar-refractivity contribution < 1.29 is 13.2 Å². The first-order chi connectivity index (χ1) is 13.0. The molecule has 2 heterocycles. The van der Waals surface area contributed by atoms with E-state index in [9.17, 15) is 13.2 Å².